The molecule has 0 saturated heterocycles. The van der Waals surface area contributed by atoms with E-state index in [1.165, 1.54) is 7.11 Å². The number of halogens is 2. The largest absolute Gasteiger partial charge is 0.496 e. The van der Waals surface area contributed by atoms with Crippen LogP contribution in [0.25, 0.3) is 10.9 Å². The van der Waals surface area contributed by atoms with Crippen molar-refractivity contribution in [3.05, 3.63) is 63.2 Å². The fraction of sp³-hybridized carbons (Fsp3) is 0.0625. The minimum atomic E-state index is -0.122. The Morgan fingerprint density at radius 2 is 2.00 bits per heavy atom. The standard InChI is InChI=1S/C16H11BrClNO2/c1-21-15-5-3-10(18)7-12(15)16(20)13-8-19-14-6-9(17)2-4-11(13)14/h2-8,19H,1H3. The van der Waals surface area contributed by atoms with Crippen LogP contribution < -0.4 is 4.74 Å². The van der Waals surface area contributed by atoms with Gasteiger partial charge in [0.2, 0.25) is 0 Å². The first-order chi connectivity index (χ1) is 10.1. The predicted molar refractivity (Wildman–Crippen MR) is 87.4 cm³/mol. The number of nitrogens with one attached hydrogen (secondary N) is 1. The van der Waals surface area contributed by atoms with Crippen LogP contribution in [0.5, 0.6) is 5.75 Å². The highest BCUT2D eigenvalue weighted by molar-refractivity contribution is 9.10. The smallest absolute Gasteiger partial charge is 0.198 e. The summed E-state index contributed by atoms with van der Waals surface area (Å²) in [5, 5.41) is 1.37. The topological polar surface area (TPSA) is 42.1 Å². The van der Waals surface area contributed by atoms with Crippen LogP contribution in [0.3, 0.4) is 0 Å². The molecule has 0 spiro atoms. The van der Waals surface area contributed by atoms with Gasteiger partial charge in [-0.2, -0.15) is 0 Å². The number of aromatic amines is 1. The molecule has 0 aliphatic rings. The highest BCUT2D eigenvalue weighted by Gasteiger charge is 2.18. The molecule has 0 saturated carbocycles. The van der Waals surface area contributed by atoms with E-state index in [1.807, 2.05) is 18.2 Å². The average molecular weight is 365 g/mol. The first kappa shape index (κ1) is 14.2. The van der Waals surface area contributed by atoms with Gasteiger partial charge in [-0.3, -0.25) is 4.79 Å². The minimum Gasteiger partial charge on any atom is -0.496 e. The number of benzene rings is 2. The molecule has 3 nitrogen and oxygen atoms in total. The van der Waals surface area contributed by atoms with Gasteiger partial charge in [0.15, 0.2) is 5.78 Å². The second-order valence-corrected chi connectivity index (χ2v) is 5.92. The SMILES string of the molecule is COc1ccc(Cl)cc1C(=O)c1c[nH]c2cc(Br)ccc12. The van der Waals surface area contributed by atoms with Gasteiger partial charge in [0.25, 0.3) is 0 Å². The zero-order valence-electron chi connectivity index (χ0n) is 11.1. The van der Waals surface area contributed by atoms with E-state index < -0.39 is 0 Å². The summed E-state index contributed by atoms with van der Waals surface area (Å²) in [6.07, 6.45) is 1.71. The maximum atomic E-state index is 12.8. The number of methoxy groups -OCH3 is 1. The van der Waals surface area contributed by atoms with Crippen molar-refractivity contribution in [3.8, 4) is 5.75 Å². The third-order valence-electron chi connectivity index (χ3n) is 3.29. The second kappa shape index (κ2) is 5.54. The number of aromatic nitrogens is 1. The van der Waals surface area contributed by atoms with Crippen LogP contribution in [0, 0.1) is 0 Å². The molecule has 0 radical (unpaired) electrons. The Morgan fingerprint density at radius 3 is 2.76 bits per heavy atom. The molecular weight excluding hydrogens is 354 g/mol. The van der Waals surface area contributed by atoms with Gasteiger partial charge in [0.05, 0.1) is 12.7 Å². The number of rotatable bonds is 3. The van der Waals surface area contributed by atoms with Crippen LogP contribution in [0.4, 0.5) is 0 Å². The lowest BCUT2D eigenvalue weighted by molar-refractivity contribution is 0.103. The number of hydrogen-bond acceptors (Lipinski definition) is 2. The minimum absolute atomic E-state index is 0.122. The molecule has 0 aliphatic heterocycles. The van der Waals surface area contributed by atoms with Crippen LogP contribution in [-0.4, -0.2) is 17.9 Å². The molecule has 0 bridgehead atoms. The lowest BCUT2D eigenvalue weighted by Gasteiger charge is -2.07. The van der Waals surface area contributed by atoms with Crippen molar-refractivity contribution in [2.45, 2.75) is 0 Å². The van der Waals surface area contributed by atoms with Crippen LogP contribution in [0.2, 0.25) is 5.02 Å². The van der Waals surface area contributed by atoms with Crippen LogP contribution in [0.1, 0.15) is 15.9 Å². The maximum absolute atomic E-state index is 12.8. The lowest BCUT2D eigenvalue weighted by Crippen LogP contribution is -2.03. The quantitative estimate of drug-likeness (QED) is 0.677. The van der Waals surface area contributed by atoms with E-state index in [0.29, 0.717) is 21.9 Å². The van der Waals surface area contributed by atoms with E-state index in [1.54, 1.807) is 24.4 Å². The number of hydrogen-bond donors (Lipinski definition) is 1. The molecule has 0 fully saturated rings. The Kier molecular flexibility index (Phi) is 3.74. The molecule has 0 unspecified atom stereocenters. The van der Waals surface area contributed by atoms with Gasteiger partial charge in [0, 0.05) is 32.2 Å². The highest BCUT2D eigenvalue weighted by Crippen LogP contribution is 2.29. The van der Waals surface area contributed by atoms with Gasteiger partial charge in [0.1, 0.15) is 5.75 Å². The summed E-state index contributed by atoms with van der Waals surface area (Å²) in [5.74, 6) is 0.388. The summed E-state index contributed by atoms with van der Waals surface area (Å²) < 4.78 is 6.21. The molecule has 1 N–H and O–H groups in total. The van der Waals surface area contributed by atoms with Crippen LogP contribution in [0.15, 0.2) is 47.1 Å². The van der Waals surface area contributed by atoms with Crippen molar-refractivity contribution in [3.63, 3.8) is 0 Å². The number of carbonyl (C=O) groups is 1. The van der Waals surface area contributed by atoms with Crippen molar-refractivity contribution in [1.82, 2.24) is 4.98 Å². The van der Waals surface area contributed by atoms with Crippen molar-refractivity contribution in [2.75, 3.05) is 7.11 Å². The molecule has 1 heterocycles. The number of carbonyl (C=O) groups excluding carboxylic acids is 1. The Balaban J connectivity index is 2.15. The Hall–Kier alpha value is -1.78. The van der Waals surface area contributed by atoms with E-state index in [9.17, 15) is 4.79 Å². The molecule has 1 aromatic heterocycles. The van der Waals surface area contributed by atoms with Crippen LogP contribution >= 0.6 is 27.5 Å². The fourth-order valence-corrected chi connectivity index (χ4v) is 2.82. The van der Waals surface area contributed by atoms with Crippen LogP contribution in [-0.2, 0) is 0 Å². The maximum Gasteiger partial charge on any atom is 0.198 e. The van der Waals surface area contributed by atoms with Crippen molar-refractivity contribution >= 4 is 44.2 Å². The molecule has 21 heavy (non-hydrogen) atoms. The van der Waals surface area contributed by atoms with E-state index in [0.717, 1.165) is 15.4 Å². The highest BCUT2D eigenvalue weighted by atomic mass is 79.9. The zero-order valence-corrected chi connectivity index (χ0v) is 13.5. The van der Waals surface area contributed by atoms with Gasteiger partial charge < -0.3 is 9.72 Å². The molecule has 0 atom stereocenters. The van der Waals surface area contributed by atoms with E-state index >= 15 is 0 Å². The third kappa shape index (κ3) is 2.57. The Morgan fingerprint density at radius 1 is 1.19 bits per heavy atom. The Bertz CT molecular complexity index is 841. The summed E-state index contributed by atoms with van der Waals surface area (Å²) in [6, 6.07) is 10.8. The van der Waals surface area contributed by atoms with Gasteiger partial charge in [-0.15, -0.1) is 0 Å². The first-order valence-corrected chi connectivity index (χ1v) is 7.42. The first-order valence-electron chi connectivity index (χ1n) is 6.25. The number of ether oxygens (including phenoxy) is 1. The zero-order chi connectivity index (χ0) is 15.0. The number of H-pyrrole nitrogens is 1. The van der Waals surface area contributed by atoms with Gasteiger partial charge in [-0.25, -0.2) is 0 Å². The van der Waals surface area contributed by atoms with Gasteiger partial charge >= 0.3 is 0 Å². The van der Waals surface area contributed by atoms with Crippen molar-refractivity contribution < 1.29 is 9.53 Å². The molecule has 5 heteroatoms. The summed E-state index contributed by atoms with van der Waals surface area (Å²) >= 11 is 9.41. The van der Waals surface area contributed by atoms with Gasteiger partial charge in [-0.1, -0.05) is 33.6 Å². The number of fused-ring (bicyclic) bond motifs is 1. The lowest BCUT2D eigenvalue weighted by atomic mass is 10.0. The second-order valence-electron chi connectivity index (χ2n) is 4.57. The summed E-state index contributed by atoms with van der Waals surface area (Å²) in [7, 11) is 1.53. The van der Waals surface area contributed by atoms with Crippen molar-refractivity contribution in [2.24, 2.45) is 0 Å². The fourth-order valence-electron chi connectivity index (χ4n) is 2.29. The third-order valence-corrected chi connectivity index (χ3v) is 4.02. The van der Waals surface area contributed by atoms with E-state index in [4.69, 9.17) is 16.3 Å². The number of ketones is 1. The van der Waals surface area contributed by atoms with Crippen molar-refractivity contribution in [1.29, 1.82) is 0 Å². The Labute approximate surface area is 135 Å². The summed E-state index contributed by atoms with van der Waals surface area (Å²) in [4.78, 5) is 15.9. The normalized spacial score (nSPS) is 10.8. The average Bonchev–Trinajstić information content (AvgIpc) is 2.89. The molecule has 3 rings (SSSR count). The summed E-state index contributed by atoms with van der Waals surface area (Å²) in [6.45, 7) is 0. The van der Waals surface area contributed by atoms with Gasteiger partial charge in [-0.05, 0) is 30.3 Å². The molecule has 3 aromatic rings. The van der Waals surface area contributed by atoms with E-state index in [2.05, 4.69) is 20.9 Å². The summed E-state index contributed by atoms with van der Waals surface area (Å²) in [5.41, 5.74) is 1.95. The molecular formula is C16H11BrClNO2. The molecule has 0 amide bonds. The molecule has 106 valence electrons. The predicted octanol–water partition coefficient (Wildman–Crippen LogP) is 4.82. The monoisotopic (exact) mass is 363 g/mol. The van der Waals surface area contributed by atoms with E-state index in [-0.39, 0.29) is 5.78 Å². The molecule has 0 aliphatic carbocycles. The molecule has 2 aromatic carbocycles.